The minimum Gasteiger partial charge on any atom is -0.467 e. The number of aryl methyl sites for hydroxylation is 2. The van der Waals surface area contributed by atoms with Crippen molar-refractivity contribution in [2.45, 2.75) is 18.7 Å². The van der Waals surface area contributed by atoms with Crippen LogP contribution >= 0.6 is 11.8 Å². The van der Waals surface area contributed by atoms with Crippen LogP contribution in [0.3, 0.4) is 0 Å². The van der Waals surface area contributed by atoms with E-state index >= 15 is 0 Å². The molecule has 0 bridgehead atoms. The zero-order valence-electron chi connectivity index (χ0n) is 15.5. The average Bonchev–Trinajstić information content (AvgIpc) is 2.67. The highest BCUT2D eigenvalue weighted by Crippen LogP contribution is 2.20. The van der Waals surface area contributed by atoms with Gasteiger partial charge in [0.05, 0.1) is 0 Å². The molecule has 0 atom stereocenters. The second kappa shape index (κ2) is 8.68. The van der Waals surface area contributed by atoms with Crippen molar-refractivity contribution in [3.63, 3.8) is 0 Å². The number of rotatable bonds is 6. The summed E-state index contributed by atoms with van der Waals surface area (Å²) in [6.07, 6.45) is 1.99. The summed E-state index contributed by atoms with van der Waals surface area (Å²) in [6.45, 7) is 3.79. The number of benzene rings is 2. The Kier molecular flexibility index (Phi) is 6.08. The van der Waals surface area contributed by atoms with Gasteiger partial charge in [0.25, 0.3) is 5.91 Å². The molecule has 1 amide bonds. The molecule has 0 radical (unpaired) electrons. The first-order valence-electron chi connectivity index (χ1n) is 8.53. The van der Waals surface area contributed by atoms with E-state index in [2.05, 4.69) is 15.3 Å². The monoisotopic (exact) mass is 379 g/mol. The standard InChI is InChI=1S/C21H21N3O2S/c1-14-7-9-16(10-8-14)21-22-15(2)11-20(24-21)26-13-19(25)23-17-5-4-6-18(12-17)27-3/h4-12H,13H2,1-3H3,(H,23,25). The van der Waals surface area contributed by atoms with E-state index in [0.717, 1.165) is 21.8 Å². The van der Waals surface area contributed by atoms with Crippen molar-refractivity contribution >= 4 is 23.4 Å². The van der Waals surface area contributed by atoms with Crippen LogP contribution in [-0.4, -0.2) is 28.7 Å². The molecule has 0 saturated carbocycles. The molecule has 0 spiro atoms. The Labute approximate surface area is 163 Å². The molecule has 0 aliphatic rings. The predicted molar refractivity (Wildman–Crippen MR) is 109 cm³/mol. The summed E-state index contributed by atoms with van der Waals surface area (Å²) >= 11 is 1.62. The number of aromatic nitrogens is 2. The van der Waals surface area contributed by atoms with Gasteiger partial charge in [0.1, 0.15) is 0 Å². The fraction of sp³-hybridized carbons (Fsp3) is 0.190. The van der Waals surface area contributed by atoms with Gasteiger partial charge in [-0.2, -0.15) is 4.98 Å². The van der Waals surface area contributed by atoms with Crippen molar-refractivity contribution < 1.29 is 9.53 Å². The van der Waals surface area contributed by atoms with Gasteiger partial charge in [0.15, 0.2) is 12.4 Å². The summed E-state index contributed by atoms with van der Waals surface area (Å²) in [5.74, 6) is 0.727. The highest BCUT2D eigenvalue weighted by atomic mass is 32.2. The molecular formula is C21H21N3O2S. The minimum absolute atomic E-state index is 0.118. The Hall–Kier alpha value is -2.86. The van der Waals surface area contributed by atoms with Gasteiger partial charge in [-0.3, -0.25) is 4.79 Å². The number of carbonyl (C=O) groups excluding carboxylic acids is 1. The van der Waals surface area contributed by atoms with Gasteiger partial charge >= 0.3 is 0 Å². The van der Waals surface area contributed by atoms with E-state index in [1.807, 2.05) is 68.6 Å². The van der Waals surface area contributed by atoms with Gasteiger partial charge in [-0.25, -0.2) is 4.98 Å². The Balaban J connectivity index is 1.66. The van der Waals surface area contributed by atoms with Gasteiger partial charge in [-0.1, -0.05) is 35.9 Å². The second-order valence-corrected chi connectivity index (χ2v) is 6.99. The van der Waals surface area contributed by atoms with Gasteiger partial charge < -0.3 is 10.1 Å². The number of ether oxygens (including phenoxy) is 1. The fourth-order valence-electron chi connectivity index (χ4n) is 2.48. The largest absolute Gasteiger partial charge is 0.467 e. The Morgan fingerprint density at radius 1 is 1.07 bits per heavy atom. The highest BCUT2D eigenvalue weighted by molar-refractivity contribution is 7.98. The van der Waals surface area contributed by atoms with E-state index in [1.165, 1.54) is 5.56 Å². The van der Waals surface area contributed by atoms with Crippen LogP contribution in [0.15, 0.2) is 59.5 Å². The number of amides is 1. The third kappa shape index (κ3) is 5.31. The van der Waals surface area contributed by atoms with Crippen LogP contribution in [-0.2, 0) is 4.79 Å². The summed E-state index contributed by atoms with van der Waals surface area (Å²) in [5, 5.41) is 2.83. The molecule has 2 aromatic carbocycles. The average molecular weight is 379 g/mol. The van der Waals surface area contributed by atoms with E-state index in [-0.39, 0.29) is 12.5 Å². The molecule has 3 rings (SSSR count). The first-order valence-corrected chi connectivity index (χ1v) is 9.75. The van der Waals surface area contributed by atoms with Gasteiger partial charge in [0, 0.05) is 27.9 Å². The molecule has 27 heavy (non-hydrogen) atoms. The second-order valence-electron chi connectivity index (χ2n) is 6.11. The summed E-state index contributed by atoms with van der Waals surface area (Å²) in [5.41, 5.74) is 3.61. The molecule has 138 valence electrons. The molecule has 0 fully saturated rings. The smallest absolute Gasteiger partial charge is 0.262 e. The van der Waals surface area contributed by atoms with E-state index in [4.69, 9.17) is 4.74 Å². The lowest BCUT2D eigenvalue weighted by Crippen LogP contribution is -2.20. The number of anilines is 1. The van der Waals surface area contributed by atoms with E-state index in [0.29, 0.717) is 11.7 Å². The summed E-state index contributed by atoms with van der Waals surface area (Å²) in [7, 11) is 0. The van der Waals surface area contributed by atoms with Crippen LogP contribution in [0.2, 0.25) is 0 Å². The van der Waals surface area contributed by atoms with E-state index < -0.39 is 0 Å². The van der Waals surface area contributed by atoms with Crippen LogP contribution in [0.5, 0.6) is 5.88 Å². The quantitative estimate of drug-likeness (QED) is 0.639. The van der Waals surface area contributed by atoms with Gasteiger partial charge in [0.2, 0.25) is 5.88 Å². The molecule has 6 heteroatoms. The Morgan fingerprint density at radius 3 is 2.59 bits per heavy atom. The highest BCUT2D eigenvalue weighted by Gasteiger charge is 2.09. The van der Waals surface area contributed by atoms with Gasteiger partial charge in [-0.15, -0.1) is 11.8 Å². The van der Waals surface area contributed by atoms with Crippen molar-refractivity contribution in [1.29, 1.82) is 0 Å². The van der Waals surface area contributed by atoms with Crippen LogP contribution in [0.1, 0.15) is 11.3 Å². The topological polar surface area (TPSA) is 64.1 Å². The molecular weight excluding hydrogens is 358 g/mol. The third-order valence-electron chi connectivity index (χ3n) is 3.85. The summed E-state index contributed by atoms with van der Waals surface area (Å²) < 4.78 is 5.59. The maximum absolute atomic E-state index is 12.2. The van der Waals surface area contributed by atoms with Crippen molar-refractivity contribution in [3.8, 4) is 17.3 Å². The predicted octanol–water partition coefficient (Wildman–Crippen LogP) is 4.50. The van der Waals surface area contributed by atoms with E-state index in [1.54, 1.807) is 17.8 Å². The molecule has 0 saturated heterocycles. The molecule has 1 aromatic heterocycles. The number of nitrogens with one attached hydrogen (secondary N) is 1. The lowest BCUT2D eigenvalue weighted by Gasteiger charge is -2.09. The van der Waals surface area contributed by atoms with Crippen molar-refractivity contribution in [2.24, 2.45) is 0 Å². The lowest BCUT2D eigenvalue weighted by molar-refractivity contribution is -0.118. The Bertz CT molecular complexity index is 942. The van der Waals surface area contributed by atoms with Crippen molar-refractivity contribution in [1.82, 2.24) is 9.97 Å². The first kappa shape index (κ1) is 18.9. The van der Waals surface area contributed by atoms with Crippen molar-refractivity contribution in [2.75, 3.05) is 18.2 Å². The van der Waals surface area contributed by atoms with Crippen LogP contribution in [0.25, 0.3) is 11.4 Å². The van der Waals surface area contributed by atoms with Gasteiger partial charge in [-0.05, 0) is 38.3 Å². The number of hydrogen-bond acceptors (Lipinski definition) is 5. The zero-order valence-corrected chi connectivity index (χ0v) is 16.3. The third-order valence-corrected chi connectivity index (χ3v) is 4.57. The molecule has 3 aromatic rings. The molecule has 5 nitrogen and oxygen atoms in total. The Morgan fingerprint density at radius 2 is 1.85 bits per heavy atom. The normalized spacial score (nSPS) is 10.5. The van der Waals surface area contributed by atoms with Crippen LogP contribution in [0.4, 0.5) is 5.69 Å². The minimum atomic E-state index is -0.235. The SMILES string of the molecule is CSc1cccc(NC(=O)COc2cc(C)nc(-c3ccc(C)cc3)n2)c1. The maximum Gasteiger partial charge on any atom is 0.262 e. The van der Waals surface area contributed by atoms with Crippen LogP contribution < -0.4 is 10.1 Å². The first-order chi connectivity index (χ1) is 13.0. The summed E-state index contributed by atoms with van der Waals surface area (Å²) in [4.78, 5) is 22.1. The molecule has 0 aliphatic heterocycles. The van der Waals surface area contributed by atoms with E-state index in [9.17, 15) is 4.79 Å². The number of nitrogens with zero attached hydrogens (tertiary/aromatic N) is 2. The molecule has 0 aliphatic carbocycles. The number of hydrogen-bond donors (Lipinski definition) is 1. The molecule has 1 N–H and O–H groups in total. The number of carbonyl (C=O) groups is 1. The lowest BCUT2D eigenvalue weighted by atomic mass is 10.1. The zero-order chi connectivity index (χ0) is 19.2. The molecule has 1 heterocycles. The summed E-state index contributed by atoms with van der Waals surface area (Å²) in [6, 6.07) is 17.4. The van der Waals surface area contributed by atoms with Crippen LogP contribution in [0, 0.1) is 13.8 Å². The van der Waals surface area contributed by atoms with Crippen molar-refractivity contribution in [3.05, 3.63) is 65.9 Å². The number of thioether (sulfide) groups is 1. The molecule has 0 unspecified atom stereocenters. The maximum atomic E-state index is 12.2. The fourth-order valence-corrected chi connectivity index (χ4v) is 2.94.